The molecule has 0 aromatic heterocycles. The summed E-state index contributed by atoms with van der Waals surface area (Å²) in [7, 11) is -3.93. The Balaban J connectivity index is 1.40. The van der Waals surface area contributed by atoms with Gasteiger partial charge in [-0.2, -0.15) is 0 Å². The van der Waals surface area contributed by atoms with E-state index in [1.807, 2.05) is 0 Å². The van der Waals surface area contributed by atoms with Crippen molar-refractivity contribution in [1.29, 1.82) is 0 Å². The number of piperidine rings is 1. The first kappa shape index (κ1) is 25.0. The number of aliphatic hydroxyl groups excluding tert-OH is 1. The molecule has 0 aliphatic carbocycles. The fourth-order valence-corrected chi connectivity index (χ4v) is 5.61. The molecule has 3 atom stereocenters. The molecular formula is C22H34FN3O5S. The fourth-order valence-electron chi connectivity index (χ4n) is 4.28. The number of hydrogen-bond acceptors (Lipinski definition) is 6. The van der Waals surface area contributed by atoms with E-state index in [2.05, 4.69) is 14.9 Å². The Hall–Kier alpha value is -1.59. The molecule has 2 fully saturated rings. The number of ether oxygens (including phenoxy) is 1. The molecule has 2 saturated heterocycles. The number of nitrogens with one attached hydrogen (secondary N) is 2. The number of benzene rings is 1. The predicted molar refractivity (Wildman–Crippen MR) is 118 cm³/mol. The third-order valence-electron chi connectivity index (χ3n) is 6.10. The Bertz CT molecular complexity index is 848. The molecule has 3 N–H and O–H groups in total. The number of likely N-dealkylation sites (tertiary alicyclic amines) is 1. The zero-order chi connectivity index (χ0) is 23.0. The van der Waals surface area contributed by atoms with Gasteiger partial charge in [-0.25, -0.2) is 17.5 Å². The summed E-state index contributed by atoms with van der Waals surface area (Å²) in [6, 6.07) is 4.18. The predicted octanol–water partition coefficient (Wildman–Crippen LogP) is 1.39. The lowest BCUT2D eigenvalue weighted by Crippen LogP contribution is -2.51. The molecule has 0 radical (unpaired) electrons. The topological polar surface area (TPSA) is 108 Å². The molecule has 3 rings (SSSR count). The summed E-state index contributed by atoms with van der Waals surface area (Å²) >= 11 is 0. The number of halogens is 1. The number of carbonyl (C=O) groups excluding carboxylic acids is 1. The van der Waals surface area contributed by atoms with E-state index in [9.17, 15) is 22.7 Å². The van der Waals surface area contributed by atoms with E-state index in [0.29, 0.717) is 32.2 Å². The monoisotopic (exact) mass is 471 g/mol. The highest BCUT2D eigenvalue weighted by atomic mass is 32.2. The number of sulfonamides is 1. The van der Waals surface area contributed by atoms with Crippen molar-refractivity contribution in [2.75, 3.05) is 32.8 Å². The van der Waals surface area contributed by atoms with Gasteiger partial charge >= 0.3 is 0 Å². The lowest BCUT2D eigenvalue weighted by atomic mass is 9.98. The van der Waals surface area contributed by atoms with Crippen molar-refractivity contribution in [3.05, 3.63) is 30.1 Å². The summed E-state index contributed by atoms with van der Waals surface area (Å²) in [4.78, 5) is 14.3. The van der Waals surface area contributed by atoms with Crippen LogP contribution in [0.2, 0.25) is 0 Å². The highest BCUT2D eigenvalue weighted by molar-refractivity contribution is 7.89. The second-order valence-electron chi connectivity index (χ2n) is 8.53. The van der Waals surface area contributed by atoms with Crippen LogP contribution in [0.5, 0.6) is 0 Å². The molecule has 1 aromatic carbocycles. The normalized spacial score (nSPS) is 24.9. The average molecular weight is 472 g/mol. The second-order valence-corrected chi connectivity index (χ2v) is 10.2. The smallest absolute Gasteiger partial charge is 0.241 e. The van der Waals surface area contributed by atoms with Crippen molar-refractivity contribution in [2.24, 2.45) is 0 Å². The molecule has 1 aromatic rings. The highest BCUT2D eigenvalue weighted by Gasteiger charge is 2.34. The lowest BCUT2D eigenvalue weighted by Gasteiger charge is -2.36. The first-order valence-corrected chi connectivity index (χ1v) is 12.9. The first-order valence-electron chi connectivity index (χ1n) is 11.4. The minimum Gasteiger partial charge on any atom is -0.394 e. The largest absolute Gasteiger partial charge is 0.394 e. The first-order chi connectivity index (χ1) is 15.4. The van der Waals surface area contributed by atoms with Gasteiger partial charge in [0.05, 0.1) is 29.8 Å². The molecule has 0 spiro atoms. The van der Waals surface area contributed by atoms with Crippen LogP contribution in [0.4, 0.5) is 4.39 Å². The second kappa shape index (κ2) is 12.0. The van der Waals surface area contributed by atoms with Gasteiger partial charge in [0.25, 0.3) is 0 Å². The Labute approximate surface area is 189 Å². The zero-order valence-corrected chi connectivity index (χ0v) is 19.2. The van der Waals surface area contributed by atoms with E-state index in [-0.39, 0.29) is 23.5 Å². The molecule has 32 heavy (non-hydrogen) atoms. The van der Waals surface area contributed by atoms with E-state index in [4.69, 9.17) is 4.74 Å². The quantitative estimate of drug-likeness (QED) is 0.476. The van der Waals surface area contributed by atoms with E-state index in [1.54, 1.807) is 0 Å². The van der Waals surface area contributed by atoms with Crippen LogP contribution in [0.25, 0.3) is 0 Å². The molecule has 0 unspecified atom stereocenters. The lowest BCUT2D eigenvalue weighted by molar-refractivity contribution is -0.122. The standard InChI is InChI=1S/C22H34FN3O5S/c23-17-5-4-6-19(15-17)32(29,30)25-20-8-7-18(31-21(20)16-27)9-11-24-22(28)10-14-26-12-2-1-3-13-26/h4-6,15,18,20-21,25,27H,1-3,7-14,16H2,(H,24,28)/t18-,20-,21-/m0/s1. The van der Waals surface area contributed by atoms with Crippen LogP contribution < -0.4 is 10.0 Å². The minimum absolute atomic E-state index is 0.0193. The third-order valence-corrected chi connectivity index (χ3v) is 7.59. The Morgan fingerprint density at radius 3 is 2.72 bits per heavy atom. The van der Waals surface area contributed by atoms with Gasteiger partial charge in [0.15, 0.2) is 0 Å². The third kappa shape index (κ3) is 7.48. The van der Waals surface area contributed by atoms with E-state index < -0.39 is 28.0 Å². The fraction of sp³-hybridized carbons (Fsp3) is 0.682. The van der Waals surface area contributed by atoms with Crippen molar-refractivity contribution in [1.82, 2.24) is 14.9 Å². The van der Waals surface area contributed by atoms with Gasteiger partial charge in [-0.15, -0.1) is 0 Å². The average Bonchev–Trinajstić information content (AvgIpc) is 2.79. The molecule has 10 heteroatoms. The Kier molecular flexibility index (Phi) is 9.42. The minimum atomic E-state index is -3.93. The maximum absolute atomic E-state index is 13.4. The summed E-state index contributed by atoms with van der Waals surface area (Å²) in [6.45, 7) is 3.05. The van der Waals surface area contributed by atoms with Crippen molar-refractivity contribution < 1.29 is 27.4 Å². The van der Waals surface area contributed by atoms with E-state index in [0.717, 1.165) is 25.7 Å². The van der Waals surface area contributed by atoms with Gasteiger partial charge in [0.2, 0.25) is 15.9 Å². The van der Waals surface area contributed by atoms with Crippen LogP contribution in [-0.2, 0) is 19.6 Å². The van der Waals surface area contributed by atoms with Crippen LogP contribution in [0.1, 0.15) is 44.9 Å². The van der Waals surface area contributed by atoms with Crippen LogP contribution in [-0.4, -0.2) is 75.4 Å². The Morgan fingerprint density at radius 2 is 2.00 bits per heavy atom. The van der Waals surface area contributed by atoms with Crippen LogP contribution in [0.15, 0.2) is 29.2 Å². The van der Waals surface area contributed by atoms with Crippen LogP contribution in [0.3, 0.4) is 0 Å². The molecule has 1 amide bonds. The summed E-state index contributed by atoms with van der Waals surface area (Å²) in [5.74, 6) is -0.615. The molecule has 0 bridgehead atoms. The van der Waals surface area contributed by atoms with Crippen LogP contribution >= 0.6 is 0 Å². The van der Waals surface area contributed by atoms with E-state index in [1.165, 1.54) is 37.5 Å². The number of aliphatic hydroxyl groups is 1. The molecule has 2 aliphatic heterocycles. The summed E-state index contributed by atoms with van der Waals surface area (Å²) in [5.41, 5.74) is 0. The maximum Gasteiger partial charge on any atom is 0.241 e. The number of hydrogen-bond donors (Lipinski definition) is 3. The van der Waals surface area contributed by atoms with Gasteiger partial charge in [-0.05, 0) is 63.4 Å². The molecule has 0 saturated carbocycles. The maximum atomic E-state index is 13.4. The summed E-state index contributed by atoms with van der Waals surface area (Å²) in [6.07, 6.45) is 4.94. The number of carbonyl (C=O) groups is 1. The van der Waals surface area contributed by atoms with Crippen molar-refractivity contribution in [3.63, 3.8) is 0 Å². The van der Waals surface area contributed by atoms with Gasteiger partial charge < -0.3 is 20.1 Å². The van der Waals surface area contributed by atoms with Crippen molar-refractivity contribution in [2.45, 2.75) is 68.1 Å². The van der Waals surface area contributed by atoms with Crippen molar-refractivity contribution in [3.8, 4) is 0 Å². The molecule has 8 nitrogen and oxygen atoms in total. The van der Waals surface area contributed by atoms with Gasteiger partial charge in [-0.3, -0.25) is 4.79 Å². The number of rotatable bonds is 10. The number of nitrogens with zero attached hydrogens (tertiary/aromatic N) is 1. The van der Waals surface area contributed by atoms with Gasteiger partial charge in [0.1, 0.15) is 5.82 Å². The van der Waals surface area contributed by atoms with Gasteiger partial charge in [0, 0.05) is 19.5 Å². The van der Waals surface area contributed by atoms with Crippen molar-refractivity contribution >= 4 is 15.9 Å². The summed E-state index contributed by atoms with van der Waals surface area (Å²) in [5, 5.41) is 12.6. The Morgan fingerprint density at radius 1 is 1.22 bits per heavy atom. The zero-order valence-electron chi connectivity index (χ0n) is 18.3. The molecule has 180 valence electrons. The van der Waals surface area contributed by atoms with Gasteiger partial charge in [-0.1, -0.05) is 12.5 Å². The number of amides is 1. The molecule has 2 aliphatic rings. The van der Waals surface area contributed by atoms with Crippen LogP contribution in [0, 0.1) is 5.82 Å². The molecular weight excluding hydrogens is 437 g/mol. The summed E-state index contributed by atoms with van der Waals surface area (Å²) < 4.78 is 46.9. The molecule has 2 heterocycles. The van der Waals surface area contributed by atoms with E-state index >= 15 is 0 Å². The SMILES string of the molecule is O=C(CCN1CCCCC1)NCC[C@@H]1CC[C@H](NS(=O)(=O)c2cccc(F)c2)[C@H](CO)O1. The highest BCUT2D eigenvalue weighted by Crippen LogP contribution is 2.23.